The summed E-state index contributed by atoms with van der Waals surface area (Å²) < 4.78 is 0. The van der Waals surface area contributed by atoms with E-state index in [4.69, 9.17) is 0 Å². The van der Waals surface area contributed by atoms with Crippen molar-refractivity contribution in [2.24, 2.45) is 0 Å². The fourth-order valence-corrected chi connectivity index (χ4v) is 3.19. The number of nitrogens with zero attached hydrogens (tertiary/aromatic N) is 2. The van der Waals surface area contributed by atoms with Crippen LogP contribution in [0.1, 0.15) is 44.2 Å². The smallest absolute Gasteiger partial charge is 0.0543 e. The topological polar surface area (TPSA) is 28.2 Å². The molecule has 0 radical (unpaired) electrons. The second-order valence-corrected chi connectivity index (χ2v) is 5.69. The number of hydrogen-bond acceptors (Lipinski definition) is 3. The van der Waals surface area contributed by atoms with Gasteiger partial charge in [0, 0.05) is 24.8 Å². The second-order valence-electron chi connectivity index (χ2n) is 5.69. The monoisotopic (exact) mass is 261 g/mol. The maximum atomic E-state index is 4.44. The van der Waals surface area contributed by atoms with Crippen molar-refractivity contribution < 1.29 is 0 Å². The van der Waals surface area contributed by atoms with Crippen LogP contribution in [0.2, 0.25) is 0 Å². The highest BCUT2D eigenvalue weighted by molar-refractivity contribution is 5.03. The van der Waals surface area contributed by atoms with Gasteiger partial charge >= 0.3 is 0 Å². The van der Waals surface area contributed by atoms with Crippen LogP contribution in [0.5, 0.6) is 0 Å². The minimum Gasteiger partial charge on any atom is -0.315 e. The third-order valence-electron chi connectivity index (χ3n) is 4.30. The van der Waals surface area contributed by atoms with Crippen molar-refractivity contribution in [3.8, 4) is 0 Å². The summed E-state index contributed by atoms with van der Waals surface area (Å²) in [7, 11) is 4.35. The van der Waals surface area contributed by atoms with Crippen LogP contribution in [0.4, 0.5) is 0 Å². The molecule has 1 N–H and O–H groups in total. The molecule has 0 aromatic carbocycles. The normalized spacial score (nSPS) is 25.0. The Morgan fingerprint density at radius 1 is 1.21 bits per heavy atom. The van der Waals surface area contributed by atoms with Gasteiger partial charge in [-0.15, -0.1) is 0 Å². The Kier molecular flexibility index (Phi) is 5.80. The van der Waals surface area contributed by atoms with Gasteiger partial charge in [-0.2, -0.15) is 0 Å². The quantitative estimate of drug-likeness (QED) is 0.903. The van der Waals surface area contributed by atoms with E-state index in [-0.39, 0.29) is 0 Å². The summed E-state index contributed by atoms with van der Waals surface area (Å²) in [6.07, 6.45) is 9.99. The van der Waals surface area contributed by atoms with E-state index in [0.717, 1.165) is 6.54 Å². The van der Waals surface area contributed by atoms with Gasteiger partial charge < -0.3 is 5.32 Å². The molecular formula is C16H27N3. The molecule has 1 aliphatic carbocycles. The van der Waals surface area contributed by atoms with Gasteiger partial charge in [-0.1, -0.05) is 31.7 Å². The molecule has 1 saturated carbocycles. The van der Waals surface area contributed by atoms with E-state index in [1.807, 2.05) is 12.3 Å². The van der Waals surface area contributed by atoms with Gasteiger partial charge in [0.25, 0.3) is 0 Å². The van der Waals surface area contributed by atoms with E-state index >= 15 is 0 Å². The van der Waals surface area contributed by atoms with Crippen LogP contribution < -0.4 is 5.32 Å². The summed E-state index contributed by atoms with van der Waals surface area (Å²) in [6, 6.07) is 7.43. The van der Waals surface area contributed by atoms with Crippen molar-refractivity contribution in [2.45, 2.75) is 57.2 Å². The zero-order chi connectivity index (χ0) is 13.5. The molecule has 106 valence electrons. The van der Waals surface area contributed by atoms with Crippen molar-refractivity contribution in [3.05, 3.63) is 30.1 Å². The Morgan fingerprint density at radius 3 is 2.68 bits per heavy atom. The molecule has 0 saturated heterocycles. The molecule has 0 bridgehead atoms. The molecule has 0 spiro atoms. The Balaban J connectivity index is 1.99. The van der Waals surface area contributed by atoms with E-state index in [2.05, 4.69) is 41.4 Å². The van der Waals surface area contributed by atoms with Crippen LogP contribution in [0, 0.1) is 0 Å². The first-order chi connectivity index (χ1) is 9.31. The van der Waals surface area contributed by atoms with Crippen molar-refractivity contribution >= 4 is 0 Å². The third kappa shape index (κ3) is 4.29. The highest BCUT2D eigenvalue weighted by Gasteiger charge is 2.25. The first-order valence-corrected chi connectivity index (χ1v) is 7.58. The van der Waals surface area contributed by atoms with Crippen molar-refractivity contribution in [3.63, 3.8) is 0 Å². The average molecular weight is 261 g/mol. The van der Waals surface area contributed by atoms with Gasteiger partial charge in [0.1, 0.15) is 0 Å². The second kappa shape index (κ2) is 7.61. The molecule has 3 nitrogen and oxygen atoms in total. The van der Waals surface area contributed by atoms with E-state index in [1.165, 1.54) is 44.2 Å². The molecule has 0 amide bonds. The molecule has 1 aromatic rings. The molecule has 1 aliphatic rings. The Labute approximate surface area is 117 Å². The Morgan fingerprint density at radius 2 is 2.00 bits per heavy atom. The Hall–Kier alpha value is -0.930. The number of pyridine rings is 1. The van der Waals surface area contributed by atoms with Gasteiger partial charge in [-0.05, 0) is 39.1 Å². The van der Waals surface area contributed by atoms with Gasteiger partial charge in [0.2, 0.25) is 0 Å². The zero-order valence-electron chi connectivity index (χ0n) is 12.3. The molecule has 3 heteroatoms. The zero-order valence-corrected chi connectivity index (χ0v) is 12.3. The number of likely N-dealkylation sites (N-methyl/N-ethyl adjacent to an activating group) is 2. The summed E-state index contributed by atoms with van der Waals surface area (Å²) in [5.41, 5.74) is 1.17. The van der Waals surface area contributed by atoms with Gasteiger partial charge in [0.05, 0.1) is 5.69 Å². The third-order valence-corrected chi connectivity index (χ3v) is 4.30. The average Bonchev–Trinajstić information content (AvgIpc) is 2.39. The number of aromatic nitrogens is 1. The van der Waals surface area contributed by atoms with Crippen molar-refractivity contribution in [1.82, 2.24) is 15.2 Å². The van der Waals surface area contributed by atoms with Gasteiger partial charge in [-0.3, -0.25) is 9.88 Å². The highest BCUT2D eigenvalue weighted by Crippen LogP contribution is 2.22. The first-order valence-electron chi connectivity index (χ1n) is 7.58. The lowest BCUT2D eigenvalue weighted by molar-refractivity contribution is 0.159. The highest BCUT2D eigenvalue weighted by atomic mass is 15.2. The number of nitrogens with one attached hydrogen (secondary N) is 1. The van der Waals surface area contributed by atoms with E-state index < -0.39 is 0 Å². The molecule has 1 heterocycles. The predicted octanol–water partition coefficient (Wildman–Crippen LogP) is 2.82. The lowest BCUT2D eigenvalue weighted by atomic mass is 9.91. The fourth-order valence-electron chi connectivity index (χ4n) is 3.19. The van der Waals surface area contributed by atoms with Gasteiger partial charge in [-0.25, -0.2) is 0 Å². The van der Waals surface area contributed by atoms with Crippen LogP contribution in [0.25, 0.3) is 0 Å². The largest absolute Gasteiger partial charge is 0.315 e. The van der Waals surface area contributed by atoms with E-state index in [1.54, 1.807) is 0 Å². The minimum atomic E-state index is 0.619. The van der Waals surface area contributed by atoms with Crippen molar-refractivity contribution in [1.29, 1.82) is 0 Å². The van der Waals surface area contributed by atoms with E-state index in [0.29, 0.717) is 12.1 Å². The summed E-state index contributed by atoms with van der Waals surface area (Å²) in [5, 5.41) is 3.53. The molecule has 0 aliphatic heterocycles. The summed E-state index contributed by atoms with van der Waals surface area (Å²) in [4.78, 5) is 6.93. The van der Waals surface area contributed by atoms with Crippen molar-refractivity contribution in [2.75, 3.05) is 14.1 Å². The molecule has 1 fully saturated rings. The molecule has 2 rings (SSSR count). The molecule has 19 heavy (non-hydrogen) atoms. The van der Waals surface area contributed by atoms with Crippen LogP contribution >= 0.6 is 0 Å². The number of rotatable bonds is 4. The lowest BCUT2D eigenvalue weighted by Crippen LogP contribution is -2.47. The maximum absolute atomic E-state index is 4.44. The SMILES string of the molecule is CNC1CCCCCCC1N(C)Cc1ccccn1. The fraction of sp³-hybridized carbons (Fsp3) is 0.688. The molecule has 2 unspecified atom stereocenters. The van der Waals surface area contributed by atoms with Crippen LogP contribution in [-0.2, 0) is 6.54 Å². The van der Waals surface area contributed by atoms with Gasteiger partial charge in [0.15, 0.2) is 0 Å². The van der Waals surface area contributed by atoms with Crippen LogP contribution in [0.15, 0.2) is 24.4 Å². The maximum Gasteiger partial charge on any atom is 0.0543 e. The lowest BCUT2D eigenvalue weighted by Gasteiger charge is -2.36. The van der Waals surface area contributed by atoms with Crippen LogP contribution in [-0.4, -0.2) is 36.1 Å². The molecule has 1 aromatic heterocycles. The standard InChI is InChI=1S/C16H27N3/c1-17-15-10-5-3-4-6-11-16(15)19(2)13-14-9-7-8-12-18-14/h7-9,12,15-17H,3-6,10-11,13H2,1-2H3. The summed E-state index contributed by atoms with van der Waals surface area (Å²) >= 11 is 0. The summed E-state index contributed by atoms with van der Waals surface area (Å²) in [5.74, 6) is 0. The van der Waals surface area contributed by atoms with E-state index in [9.17, 15) is 0 Å². The molecular weight excluding hydrogens is 234 g/mol. The first kappa shape index (κ1) is 14.5. The summed E-state index contributed by atoms with van der Waals surface area (Å²) in [6.45, 7) is 0.948. The van der Waals surface area contributed by atoms with Crippen LogP contribution in [0.3, 0.4) is 0 Å². The minimum absolute atomic E-state index is 0.619. The molecule has 2 atom stereocenters. The number of hydrogen-bond donors (Lipinski definition) is 1. The predicted molar refractivity (Wildman–Crippen MR) is 80.0 cm³/mol. The Bertz CT molecular complexity index is 352.